The molecule has 0 saturated carbocycles. The first-order valence-corrected chi connectivity index (χ1v) is 9.94. The van der Waals surface area contributed by atoms with Crippen LogP contribution in [0.25, 0.3) is 0 Å². The third kappa shape index (κ3) is 4.92. The van der Waals surface area contributed by atoms with Gasteiger partial charge in [-0.1, -0.05) is 24.3 Å². The minimum absolute atomic E-state index is 0.207. The summed E-state index contributed by atoms with van der Waals surface area (Å²) in [6.45, 7) is 7.30. The Hall–Kier alpha value is -2.50. The van der Waals surface area contributed by atoms with E-state index in [1.165, 1.54) is 5.56 Å². The van der Waals surface area contributed by atoms with E-state index in [0.717, 1.165) is 22.7 Å². The van der Waals surface area contributed by atoms with Crippen LogP contribution in [0.15, 0.2) is 54.6 Å². The maximum absolute atomic E-state index is 6.27. The van der Waals surface area contributed by atoms with Crippen LogP contribution >= 0.6 is 0 Å². The number of rotatable bonds is 8. The molecule has 5 heteroatoms. The van der Waals surface area contributed by atoms with Crippen molar-refractivity contribution in [1.29, 1.82) is 0 Å². The van der Waals surface area contributed by atoms with Crippen LogP contribution in [-0.2, 0) is 16.0 Å². The Balaban J connectivity index is 1.78. The van der Waals surface area contributed by atoms with Crippen molar-refractivity contribution in [2.45, 2.75) is 45.1 Å². The van der Waals surface area contributed by atoms with E-state index in [-0.39, 0.29) is 12.2 Å². The van der Waals surface area contributed by atoms with Crippen LogP contribution in [0.5, 0.6) is 11.5 Å². The average molecular weight is 398 g/mol. The molecule has 0 saturated heterocycles. The van der Waals surface area contributed by atoms with Gasteiger partial charge in [0.1, 0.15) is 29.3 Å². The Labute approximate surface area is 173 Å². The van der Waals surface area contributed by atoms with Crippen molar-refractivity contribution < 1.29 is 18.9 Å². The SMILES string of the molecule is C/C=C/COC1C(OC)c2cc(NCc3ccc(OC)cc3)ccc2OC1(C)C. The van der Waals surface area contributed by atoms with E-state index in [1.807, 2.05) is 57.2 Å². The Kier molecular flexibility index (Phi) is 6.83. The maximum atomic E-state index is 6.27. The van der Waals surface area contributed by atoms with Gasteiger partial charge in [0.25, 0.3) is 0 Å². The van der Waals surface area contributed by atoms with Crippen LogP contribution in [-0.4, -0.2) is 32.5 Å². The topological polar surface area (TPSA) is 49.0 Å². The van der Waals surface area contributed by atoms with Crippen LogP contribution in [0, 0.1) is 0 Å². The molecule has 156 valence electrons. The highest BCUT2D eigenvalue weighted by Crippen LogP contribution is 2.44. The molecule has 2 aromatic carbocycles. The van der Waals surface area contributed by atoms with Gasteiger partial charge in [-0.05, 0) is 56.7 Å². The van der Waals surface area contributed by atoms with Gasteiger partial charge >= 0.3 is 0 Å². The molecule has 2 unspecified atom stereocenters. The zero-order valence-corrected chi connectivity index (χ0v) is 17.9. The molecular weight excluding hydrogens is 366 g/mol. The Bertz CT molecular complexity index is 829. The number of benzene rings is 2. The van der Waals surface area contributed by atoms with Crippen molar-refractivity contribution in [2.75, 3.05) is 26.1 Å². The standard InChI is InChI=1S/C24H31NO4/c1-6-7-14-28-23-22(27-5)20-15-18(10-13-21(20)29-24(23,2)3)25-16-17-8-11-19(26-4)12-9-17/h6-13,15,22-23,25H,14,16H2,1-5H3/b7-6+. The summed E-state index contributed by atoms with van der Waals surface area (Å²) < 4.78 is 23.5. The fraction of sp³-hybridized carbons (Fsp3) is 0.417. The predicted octanol–water partition coefficient (Wildman–Crippen LogP) is 5.13. The number of fused-ring (bicyclic) bond motifs is 1. The van der Waals surface area contributed by atoms with E-state index in [0.29, 0.717) is 13.2 Å². The van der Waals surface area contributed by atoms with Gasteiger partial charge in [0.2, 0.25) is 0 Å². The van der Waals surface area contributed by atoms with E-state index >= 15 is 0 Å². The minimum Gasteiger partial charge on any atom is -0.497 e. The highest BCUT2D eigenvalue weighted by atomic mass is 16.6. The van der Waals surface area contributed by atoms with Crippen LogP contribution in [0.2, 0.25) is 0 Å². The quantitative estimate of drug-likeness (QED) is 0.626. The lowest BCUT2D eigenvalue weighted by atomic mass is 9.88. The lowest BCUT2D eigenvalue weighted by Crippen LogP contribution is -2.50. The van der Waals surface area contributed by atoms with Gasteiger partial charge in [0.15, 0.2) is 0 Å². The average Bonchev–Trinajstić information content (AvgIpc) is 2.72. The highest BCUT2D eigenvalue weighted by Gasteiger charge is 2.45. The molecule has 0 radical (unpaired) electrons. The molecule has 0 bridgehead atoms. The summed E-state index contributed by atoms with van der Waals surface area (Å²) in [5, 5.41) is 3.48. The van der Waals surface area contributed by atoms with Gasteiger partial charge in [-0.2, -0.15) is 0 Å². The maximum Gasteiger partial charge on any atom is 0.132 e. The van der Waals surface area contributed by atoms with Crippen LogP contribution in [0.3, 0.4) is 0 Å². The highest BCUT2D eigenvalue weighted by molar-refractivity contribution is 5.54. The molecule has 0 amide bonds. The third-order valence-electron chi connectivity index (χ3n) is 5.17. The van der Waals surface area contributed by atoms with E-state index in [2.05, 4.69) is 23.5 Å². The van der Waals surface area contributed by atoms with Crippen molar-refractivity contribution in [1.82, 2.24) is 0 Å². The summed E-state index contributed by atoms with van der Waals surface area (Å²) in [5.74, 6) is 1.69. The second-order valence-electron chi connectivity index (χ2n) is 7.64. The van der Waals surface area contributed by atoms with Gasteiger partial charge in [0.05, 0.1) is 13.7 Å². The van der Waals surface area contributed by atoms with Gasteiger partial charge in [0, 0.05) is 24.9 Å². The van der Waals surface area contributed by atoms with Crippen molar-refractivity contribution in [3.63, 3.8) is 0 Å². The molecule has 0 spiro atoms. The predicted molar refractivity (Wildman–Crippen MR) is 116 cm³/mol. The number of anilines is 1. The van der Waals surface area contributed by atoms with Crippen LogP contribution < -0.4 is 14.8 Å². The van der Waals surface area contributed by atoms with E-state index in [9.17, 15) is 0 Å². The fourth-order valence-electron chi connectivity index (χ4n) is 3.58. The zero-order chi connectivity index (χ0) is 20.9. The summed E-state index contributed by atoms with van der Waals surface area (Å²) in [4.78, 5) is 0. The Morgan fingerprint density at radius 2 is 1.86 bits per heavy atom. The smallest absolute Gasteiger partial charge is 0.132 e. The van der Waals surface area contributed by atoms with Crippen molar-refractivity contribution in [3.8, 4) is 11.5 Å². The molecule has 0 aliphatic carbocycles. The first kappa shape index (κ1) is 21.2. The number of nitrogens with one attached hydrogen (secondary N) is 1. The summed E-state index contributed by atoms with van der Waals surface area (Å²) in [5.41, 5.74) is 2.69. The van der Waals surface area contributed by atoms with Gasteiger partial charge < -0.3 is 24.3 Å². The first-order chi connectivity index (χ1) is 14.0. The molecule has 0 fully saturated rings. The number of hydrogen-bond acceptors (Lipinski definition) is 5. The molecule has 5 nitrogen and oxygen atoms in total. The number of allylic oxidation sites excluding steroid dienone is 1. The van der Waals surface area contributed by atoms with Crippen molar-refractivity contribution in [3.05, 3.63) is 65.7 Å². The van der Waals surface area contributed by atoms with Crippen molar-refractivity contribution >= 4 is 5.69 Å². The van der Waals surface area contributed by atoms with Crippen LogP contribution in [0.1, 0.15) is 38.0 Å². The van der Waals surface area contributed by atoms with Crippen molar-refractivity contribution in [2.24, 2.45) is 0 Å². The summed E-state index contributed by atoms with van der Waals surface area (Å²) >= 11 is 0. The largest absolute Gasteiger partial charge is 0.497 e. The van der Waals surface area contributed by atoms with Gasteiger partial charge in [-0.15, -0.1) is 0 Å². The minimum atomic E-state index is -0.493. The van der Waals surface area contributed by atoms with Crippen LogP contribution in [0.4, 0.5) is 5.69 Å². The normalized spacial score (nSPS) is 20.2. The molecule has 2 aromatic rings. The molecular formula is C24H31NO4. The fourth-order valence-corrected chi connectivity index (χ4v) is 3.58. The molecule has 1 N–H and O–H groups in total. The first-order valence-electron chi connectivity index (χ1n) is 9.94. The second-order valence-corrected chi connectivity index (χ2v) is 7.64. The lowest BCUT2D eigenvalue weighted by molar-refractivity contribution is -0.148. The molecule has 1 aliphatic rings. The van der Waals surface area contributed by atoms with Gasteiger partial charge in [-0.25, -0.2) is 0 Å². The third-order valence-corrected chi connectivity index (χ3v) is 5.17. The van der Waals surface area contributed by atoms with E-state index < -0.39 is 5.60 Å². The lowest BCUT2D eigenvalue weighted by Gasteiger charge is -2.43. The molecule has 1 heterocycles. The summed E-state index contributed by atoms with van der Waals surface area (Å²) in [6.07, 6.45) is 3.55. The molecule has 1 aliphatic heterocycles. The second kappa shape index (κ2) is 9.33. The van der Waals surface area contributed by atoms with E-state index in [1.54, 1.807) is 14.2 Å². The number of methoxy groups -OCH3 is 2. The molecule has 2 atom stereocenters. The number of ether oxygens (including phenoxy) is 4. The molecule has 0 aromatic heterocycles. The molecule has 29 heavy (non-hydrogen) atoms. The van der Waals surface area contributed by atoms with Gasteiger partial charge in [-0.3, -0.25) is 0 Å². The monoisotopic (exact) mass is 397 g/mol. The Morgan fingerprint density at radius 3 is 2.52 bits per heavy atom. The molecule has 3 rings (SSSR count). The zero-order valence-electron chi connectivity index (χ0n) is 17.9. The summed E-state index contributed by atoms with van der Waals surface area (Å²) in [6, 6.07) is 14.2. The number of hydrogen-bond donors (Lipinski definition) is 1. The van der Waals surface area contributed by atoms with E-state index in [4.69, 9.17) is 18.9 Å². The summed E-state index contributed by atoms with van der Waals surface area (Å²) in [7, 11) is 3.39. The Morgan fingerprint density at radius 1 is 1.10 bits per heavy atom.